The molecular weight excluding hydrogens is 366 g/mol. The normalized spacial score (nSPS) is 22.4. The number of hydrogen-bond donors (Lipinski definition) is 3. The highest BCUT2D eigenvalue weighted by atomic mass is 16.3. The molecule has 0 amide bonds. The van der Waals surface area contributed by atoms with Gasteiger partial charge in [0.25, 0.3) is 0 Å². The van der Waals surface area contributed by atoms with Crippen LogP contribution in [0.1, 0.15) is 44.9 Å². The second-order valence-electron chi connectivity index (χ2n) is 8.05. The molecule has 8 nitrogen and oxygen atoms in total. The van der Waals surface area contributed by atoms with Crippen LogP contribution in [0.15, 0.2) is 30.7 Å². The van der Waals surface area contributed by atoms with E-state index in [0.717, 1.165) is 65.7 Å². The first-order chi connectivity index (χ1) is 14.0. The van der Waals surface area contributed by atoms with Crippen LogP contribution in [0, 0.1) is 6.92 Å². The summed E-state index contributed by atoms with van der Waals surface area (Å²) in [5.41, 5.74) is 3.24. The third-order valence-electron chi connectivity index (χ3n) is 6.22. The zero-order valence-electron chi connectivity index (χ0n) is 16.7. The number of H-pyrrole nitrogens is 1. The van der Waals surface area contributed by atoms with Gasteiger partial charge in [0.1, 0.15) is 11.5 Å². The Morgan fingerprint density at radius 2 is 2.10 bits per heavy atom. The number of anilines is 1. The van der Waals surface area contributed by atoms with Gasteiger partial charge < -0.3 is 15.4 Å². The van der Waals surface area contributed by atoms with Crippen LogP contribution in [0.25, 0.3) is 27.8 Å². The Bertz CT molecular complexity index is 1170. The summed E-state index contributed by atoms with van der Waals surface area (Å²) in [4.78, 5) is 12.5. The summed E-state index contributed by atoms with van der Waals surface area (Å²) in [6.07, 6.45) is 10.2. The van der Waals surface area contributed by atoms with E-state index in [0.29, 0.717) is 12.0 Å². The number of rotatable bonds is 4. The smallest absolute Gasteiger partial charge is 0.224 e. The molecule has 0 aliphatic heterocycles. The number of nitrogens with zero attached hydrogens (tertiary/aromatic N) is 5. The van der Waals surface area contributed by atoms with Crippen LogP contribution in [0.3, 0.4) is 0 Å². The fraction of sp³-hybridized carbons (Fsp3) is 0.429. The summed E-state index contributed by atoms with van der Waals surface area (Å²) in [5, 5.41) is 23.1. The van der Waals surface area contributed by atoms with Crippen LogP contribution >= 0.6 is 0 Å². The van der Waals surface area contributed by atoms with E-state index >= 15 is 0 Å². The van der Waals surface area contributed by atoms with E-state index in [1.165, 1.54) is 0 Å². The van der Waals surface area contributed by atoms with E-state index < -0.39 is 5.60 Å². The van der Waals surface area contributed by atoms with Gasteiger partial charge in [-0.15, -0.1) is 10.2 Å². The standard InChI is InChI=1S/C21H25N7O/c1-3-21(29)8-6-15(7-9-21)24-20-23-11-17-16(10-22-19(17)25-20)14-4-5-18-27-26-13(2)28(18)12-14/h4-5,10-12,15,29H,3,6-9H2,1-2H3,(H2,22,23,24,25)/t15-,21+. The molecule has 5 rings (SSSR count). The second-order valence-corrected chi connectivity index (χ2v) is 8.05. The molecule has 0 saturated heterocycles. The van der Waals surface area contributed by atoms with Crippen molar-refractivity contribution in [3.8, 4) is 11.1 Å². The van der Waals surface area contributed by atoms with Gasteiger partial charge in [-0.25, -0.2) is 4.98 Å². The van der Waals surface area contributed by atoms with Crippen LogP contribution in [-0.4, -0.2) is 46.3 Å². The lowest BCUT2D eigenvalue weighted by Crippen LogP contribution is -2.38. The molecule has 0 unspecified atom stereocenters. The number of aromatic amines is 1. The molecule has 0 atom stereocenters. The molecule has 150 valence electrons. The van der Waals surface area contributed by atoms with Gasteiger partial charge in [0.15, 0.2) is 5.65 Å². The molecule has 0 radical (unpaired) electrons. The summed E-state index contributed by atoms with van der Waals surface area (Å²) in [6.45, 7) is 3.99. The maximum Gasteiger partial charge on any atom is 0.224 e. The number of pyridine rings is 1. The summed E-state index contributed by atoms with van der Waals surface area (Å²) in [7, 11) is 0. The quantitative estimate of drug-likeness (QED) is 0.492. The molecule has 1 saturated carbocycles. The number of nitrogens with one attached hydrogen (secondary N) is 2. The second kappa shape index (κ2) is 6.81. The Morgan fingerprint density at radius 1 is 1.28 bits per heavy atom. The third kappa shape index (κ3) is 3.23. The van der Waals surface area contributed by atoms with Crippen molar-refractivity contribution in [2.75, 3.05) is 5.32 Å². The van der Waals surface area contributed by atoms with Crippen molar-refractivity contribution in [2.24, 2.45) is 0 Å². The minimum absolute atomic E-state index is 0.299. The van der Waals surface area contributed by atoms with Gasteiger partial charge >= 0.3 is 0 Å². The zero-order valence-corrected chi connectivity index (χ0v) is 16.7. The molecule has 0 spiro atoms. The van der Waals surface area contributed by atoms with Crippen molar-refractivity contribution in [3.63, 3.8) is 0 Å². The Morgan fingerprint density at radius 3 is 2.90 bits per heavy atom. The fourth-order valence-corrected chi connectivity index (χ4v) is 4.22. The summed E-state index contributed by atoms with van der Waals surface area (Å²) < 4.78 is 1.98. The largest absolute Gasteiger partial charge is 0.390 e. The number of hydrogen-bond acceptors (Lipinski definition) is 6. The molecule has 4 aromatic heterocycles. The molecule has 1 aliphatic rings. The number of fused-ring (bicyclic) bond motifs is 2. The average Bonchev–Trinajstić information content (AvgIpc) is 3.33. The van der Waals surface area contributed by atoms with E-state index in [9.17, 15) is 5.11 Å². The number of aromatic nitrogens is 6. The molecule has 1 aliphatic carbocycles. The third-order valence-corrected chi connectivity index (χ3v) is 6.22. The van der Waals surface area contributed by atoms with Crippen LogP contribution in [-0.2, 0) is 0 Å². The average molecular weight is 391 g/mol. The number of aryl methyl sites for hydroxylation is 1. The van der Waals surface area contributed by atoms with Crippen LogP contribution < -0.4 is 5.32 Å². The van der Waals surface area contributed by atoms with E-state index in [1.54, 1.807) is 0 Å². The summed E-state index contributed by atoms with van der Waals surface area (Å²) in [6, 6.07) is 4.30. The van der Waals surface area contributed by atoms with Gasteiger partial charge in [-0.05, 0) is 51.2 Å². The zero-order chi connectivity index (χ0) is 20.0. The number of aliphatic hydroxyl groups is 1. The lowest BCUT2D eigenvalue weighted by atomic mass is 9.80. The van der Waals surface area contributed by atoms with Gasteiger partial charge in [0, 0.05) is 41.1 Å². The van der Waals surface area contributed by atoms with Crippen molar-refractivity contribution >= 4 is 22.6 Å². The fourth-order valence-electron chi connectivity index (χ4n) is 4.22. The Labute approximate surface area is 168 Å². The molecular formula is C21H25N7O. The van der Waals surface area contributed by atoms with E-state index in [2.05, 4.69) is 37.4 Å². The molecule has 4 heterocycles. The minimum atomic E-state index is -0.498. The molecule has 8 heteroatoms. The highest BCUT2D eigenvalue weighted by Gasteiger charge is 2.31. The lowest BCUT2D eigenvalue weighted by molar-refractivity contribution is -0.00197. The van der Waals surface area contributed by atoms with Gasteiger partial charge in [0.2, 0.25) is 5.95 Å². The minimum Gasteiger partial charge on any atom is -0.390 e. The first-order valence-electron chi connectivity index (χ1n) is 10.2. The highest BCUT2D eigenvalue weighted by molar-refractivity contribution is 5.93. The maximum atomic E-state index is 10.4. The molecule has 0 bridgehead atoms. The topological polar surface area (TPSA) is 104 Å². The van der Waals surface area contributed by atoms with Crippen molar-refractivity contribution in [3.05, 3.63) is 36.5 Å². The Hall–Kier alpha value is -3.00. The monoisotopic (exact) mass is 391 g/mol. The predicted octanol–water partition coefficient (Wildman–Crippen LogP) is 3.47. The molecule has 3 N–H and O–H groups in total. The first-order valence-corrected chi connectivity index (χ1v) is 10.2. The maximum absolute atomic E-state index is 10.4. The van der Waals surface area contributed by atoms with Gasteiger partial charge in [-0.1, -0.05) is 6.92 Å². The first kappa shape index (κ1) is 18.1. The van der Waals surface area contributed by atoms with Crippen molar-refractivity contribution in [2.45, 2.75) is 57.6 Å². The predicted molar refractivity (Wildman–Crippen MR) is 112 cm³/mol. The molecule has 4 aromatic rings. The summed E-state index contributed by atoms with van der Waals surface area (Å²) >= 11 is 0. The van der Waals surface area contributed by atoms with Crippen LogP contribution in [0.4, 0.5) is 5.95 Å². The Kier molecular flexibility index (Phi) is 4.24. The van der Waals surface area contributed by atoms with Gasteiger partial charge in [-0.2, -0.15) is 4.98 Å². The van der Waals surface area contributed by atoms with E-state index in [1.807, 2.05) is 42.0 Å². The molecule has 0 aromatic carbocycles. The SMILES string of the molecule is CC[C@]1(O)CC[C@@H](Nc2ncc3c(-c4ccc5nnc(C)n5c4)c[nH]c3n2)CC1. The Balaban J connectivity index is 1.39. The highest BCUT2D eigenvalue weighted by Crippen LogP contribution is 2.32. The van der Waals surface area contributed by atoms with Gasteiger partial charge in [-0.3, -0.25) is 4.40 Å². The van der Waals surface area contributed by atoms with Crippen molar-refractivity contribution in [1.29, 1.82) is 0 Å². The van der Waals surface area contributed by atoms with Crippen molar-refractivity contribution in [1.82, 2.24) is 29.5 Å². The van der Waals surface area contributed by atoms with Crippen LogP contribution in [0.2, 0.25) is 0 Å². The van der Waals surface area contributed by atoms with Crippen LogP contribution in [0.5, 0.6) is 0 Å². The molecule has 29 heavy (non-hydrogen) atoms. The molecule has 1 fully saturated rings. The van der Waals surface area contributed by atoms with E-state index in [-0.39, 0.29) is 0 Å². The summed E-state index contributed by atoms with van der Waals surface area (Å²) in [5.74, 6) is 1.48. The lowest BCUT2D eigenvalue weighted by Gasteiger charge is -2.35. The van der Waals surface area contributed by atoms with E-state index in [4.69, 9.17) is 0 Å². The van der Waals surface area contributed by atoms with Gasteiger partial charge in [0.05, 0.1) is 5.60 Å². The van der Waals surface area contributed by atoms with Crippen molar-refractivity contribution < 1.29 is 5.11 Å².